The quantitative estimate of drug-likeness (QED) is 0.688. The second kappa shape index (κ2) is 7.44. The summed E-state index contributed by atoms with van der Waals surface area (Å²) in [4.78, 5) is 36.1. The smallest absolute Gasteiger partial charge is 0.335 e. The summed E-state index contributed by atoms with van der Waals surface area (Å²) < 4.78 is 0. The highest BCUT2D eigenvalue weighted by Gasteiger charge is 2.16. The Morgan fingerprint density at radius 3 is 1.88 bits per heavy atom. The molecule has 3 aromatic carbocycles. The molecule has 0 aliphatic heterocycles. The van der Waals surface area contributed by atoms with Gasteiger partial charge in [-0.25, -0.2) is 4.79 Å². The first-order valence-electron chi connectivity index (χ1n) is 7.90. The van der Waals surface area contributed by atoms with Crippen molar-refractivity contribution in [2.24, 2.45) is 0 Å². The van der Waals surface area contributed by atoms with E-state index in [1.54, 1.807) is 48.5 Å². The van der Waals surface area contributed by atoms with Gasteiger partial charge < -0.3 is 10.4 Å². The maximum absolute atomic E-state index is 12.8. The van der Waals surface area contributed by atoms with E-state index < -0.39 is 5.97 Å². The molecule has 0 radical (unpaired) electrons. The summed E-state index contributed by atoms with van der Waals surface area (Å²) in [6, 6.07) is 21.1. The summed E-state index contributed by atoms with van der Waals surface area (Å²) in [5.74, 6) is -1.67. The van der Waals surface area contributed by atoms with Gasteiger partial charge in [0.1, 0.15) is 0 Å². The van der Waals surface area contributed by atoms with Crippen LogP contribution < -0.4 is 5.32 Å². The van der Waals surface area contributed by atoms with Crippen molar-refractivity contribution in [1.82, 2.24) is 0 Å². The van der Waals surface area contributed by atoms with Crippen LogP contribution in [-0.2, 0) is 0 Å². The first-order chi connectivity index (χ1) is 12.6. The molecule has 5 heteroatoms. The third-order valence-corrected chi connectivity index (χ3v) is 3.85. The number of carbonyl (C=O) groups is 3. The van der Waals surface area contributed by atoms with Gasteiger partial charge in [0, 0.05) is 16.7 Å². The van der Waals surface area contributed by atoms with E-state index >= 15 is 0 Å². The van der Waals surface area contributed by atoms with Crippen molar-refractivity contribution < 1.29 is 19.5 Å². The Labute approximate surface area is 149 Å². The van der Waals surface area contributed by atoms with Crippen molar-refractivity contribution in [3.8, 4) is 0 Å². The molecule has 0 fully saturated rings. The van der Waals surface area contributed by atoms with Crippen molar-refractivity contribution >= 4 is 23.3 Å². The fourth-order valence-corrected chi connectivity index (χ4v) is 2.49. The van der Waals surface area contributed by atoms with Crippen LogP contribution in [0.3, 0.4) is 0 Å². The predicted octanol–water partition coefficient (Wildman–Crippen LogP) is 3.87. The number of ketones is 1. The molecule has 0 atom stereocenters. The van der Waals surface area contributed by atoms with Gasteiger partial charge in [0.15, 0.2) is 5.78 Å². The summed E-state index contributed by atoms with van der Waals surface area (Å²) >= 11 is 0. The summed E-state index contributed by atoms with van der Waals surface area (Å²) in [5.41, 5.74) is 1.66. The van der Waals surface area contributed by atoms with Crippen LogP contribution >= 0.6 is 0 Å². The molecule has 128 valence electrons. The van der Waals surface area contributed by atoms with Crippen LogP contribution in [0.4, 0.5) is 5.69 Å². The summed E-state index contributed by atoms with van der Waals surface area (Å²) in [7, 11) is 0. The molecule has 0 heterocycles. The summed E-state index contributed by atoms with van der Waals surface area (Å²) in [5, 5.41) is 11.7. The van der Waals surface area contributed by atoms with Crippen LogP contribution in [-0.4, -0.2) is 22.8 Å². The zero-order chi connectivity index (χ0) is 18.5. The number of nitrogens with one attached hydrogen (secondary N) is 1. The Hall–Kier alpha value is -3.73. The first-order valence-corrected chi connectivity index (χ1v) is 7.90. The van der Waals surface area contributed by atoms with Crippen LogP contribution in [0.5, 0.6) is 0 Å². The molecule has 0 aliphatic rings. The molecule has 2 N–H and O–H groups in total. The number of amides is 1. The van der Waals surface area contributed by atoms with E-state index in [4.69, 9.17) is 5.11 Å². The Bertz CT molecular complexity index is 963. The minimum atomic E-state index is -1.06. The maximum atomic E-state index is 12.8. The third-order valence-electron chi connectivity index (χ3n) is 3.85. The number of hydrogen-bond donors (Lipinski definition) is 2. The van der Waals surface area contributed by atoms with Gasteiger partial charge in [0.05, 0.1) is 11.3 Å². The van der Waals surface area contributed by atoms with Gasteiger partial charge in [-0.05, 0) is 36.4 Å². The average Bonchev–Trinajstić information content (AvgIpc) is 2.68. The fraction of sp³-hybridized carbons (Fsp3) is 0. The van der Waals surface area contributed by atoms with E-state index in [-0.39, 0.29) is 17.3 Å². The van der Waals surface area contributed by atoms with Gasteiger partial charge in [0.2, 0.25) is 0 Å². The van der Waals surface area contributed by atoms with Gasteiger partial charge in [-0.3, -0.25) is 9.59 Å². The first kappa shape index (κ1) is 17.1. The van der Waals surface area contributed by atoms with Crippen molar-refractivity contribution in [1.29, 1.82) is 0 Å². The number of carboxylic acids is 1. The highest BCUT2D eigenvalue weighted by atomic mass is 16.4. The second-order valence-corrected chi connectivity index (χ2v) is 5.58. The van der Waals surface area contributed by atoms with E-state index in [0.717, 1.165) is 0 Å². The molecule has 1 amide bonds. The Kier molecular flexibility index (Phi) is 4.90. The molecule has 3 aromatic rings. The zero-order valence-corrected chi connectivity index (χ0v) is 13.7. The van der Waals surface area contributed by atoms with Gasteiger partial charge in [-0.15, -0.1) is 0 Å². The van der Waals surface area contributed by atoms with E-state index in [2.05, 4.69) is 5.32 Å². The van der Waals surface area contributed by atoms with Crippen molar-refractivity contribution in [2.45, 2.75) is 0 Å². The SMILES string of the molecule is O=C(O)c1ccc(C(=O)c2ccccc2NC(=O)c2ccccc2)cc1. The predicted molar refractivity (Wildman–Crippen MR) is 97.7 cm³/mol. The van der Waals surface area contributed by atoms with E-state index in [9.17, 15) is 14.4 Å². The number of rotatable bonds is 5. The monoisotopic (exact) mass is 345 g/mol. The molecule has 0 saturated heterocycles. The number of carbonyl (C=O) groups excluding carboxylic acids is 2. The lowest BCUT2D eigenvalue weighted by Crippen LogP contribution is -2.15. The van der Waals surface area contributed by atoms with E-state index in [1.165, 1.54) is 24.3 Å². The van der Waals surface area contributed by atoms with Gasteiger partial charge in [-0.2, -0.15) is 0 Å². The van der Waals surface area contributed by atoms with Crippen molar-refractivity contribution in [3.63, 3.8) is 0 Å². The normalized spacial score (nSPS) is 10.2. The minimum Gasteiger partial charge on any atom is -0.478 e. The lowest BCUT2D eigenvalue weighted by Gasteiger charge is -2.10. The van der Waals surface area contributed by atoms with Gasteiger partial charge in [-0.1, -0.05) is 42.5 Å². The lowest BCUT2D eigenvalue weighted by atomic mass is 10.0. The molecule has 0 bridgehead atoms. The topological polar surface area (TPSA) is 83.5 Å². The molecule has 0 aromatic heterocycles. The molecule has 3 rings (SSSR count). The molecule has 0 saturated carbocycles. The maximum Gasteiger partial charge on any atom is 0.335 e. The Morgan fingerprint density at radius 1 is 0.654 bits per heavy atom. The fourth-order valence-electron chi connectivity index (χ4n) is 2.49. The van der Waals surface area contributed by atoms with Crippen molar-refractivity contribution in [3.05, 3.63) is 101 Å². The number of para-hydroxylation sites is 1. The number of aromatic carboxylic acids is 1. The molecule has 0 unspecified atom stereocenters. The van der Waals surface area contributed by atoms with Crippen molar-refractivity contribution in [2.75, 3.05) is 5.32 Å². The standard InChI is InChI=1S/C21H15NO4/c23-19(14-10-12-16(13-11-14)21(25)26)17-8-4-5-9-18(17)22-20(24)15-6-2-1-3-7-15/h1-13H,(H,22,24)(H,25,26). The minimum absolute atomic E-state index is 0.104. The number of benzene rings is 3. The molecular weight excluding hydrogens is 330 g/mol. The molecule has 0 spiro atoms. The Morgan fingerprint density at radius 2 is 1.23 bits per heavy atom. The van der Waals surface area contributed by atoms with E-state index in [1.807, 2.05) is 6.07 Å². The van der Waals surface area contributed by atoms with Crippen LogP contribution in [0.25, 0.3) is 0 Å². The third kappa shape index (κ3) is 3.67. The van der Waals surface area contributed by atoms with Gasteiger partial charge >= 0.3 is 5.97 Å². The second-order valence-electron chi connectivity index (χ2n) is 5.58. The number of hydrogen-bond acceptors (Lipinski definition) is 3. The molecule has 0 aliphatic carbocycles. The Balaban J connectivity index is 1.88. The zero-order valence-electron chi connectivity index (χ0n) is 13.7. The number of anilines is 1. The highest BCUT2D eigenvalue weighted by Crippen LogP contribution is 2.20. The lowest BCUT2D eigenvalue weighted by molar-refractivity contribution is 0.0696. The largest absolute Gasteiger partial charge is 0.478 e. The van der Waals surface area contributed by atoms with Crippen LogP contribution in [0, 0.1) is 0 Å². The van der Waals surface area contributed by atoms with Crippen LogP contribution in [0.1, 0.15) is 36.6 Å². The highest BCUT2D eigenvalue weighted by molar-refractivity contribution is 6.15. The summed E-state index contributed by atoms with van der Waals surface area (Å²) in [6.45, 7) is 0. The molecule has 5 nitrogen and oxygen atoms in total. The molecular formula is C21H15NO4. The van der Waals surface area contributed by atoms with Crippen LogP contribution in [0.15, 0.2) is 78.9 Å². The molecule has 26 heavy (non-hydrogen) atoms. The summed E-state index contributed by atoms with van der Waals surface area (Å²) in [6.07, 6.45) is 0. The average molecular weight is 345 g/mol. The van der Waals surface area contributed by atoms with Gasteiger partial charge in [0.25, 0.3) is 5.91 Å². The van der Waals surface area contributed by atoms with Crippen LogP contribution in [0.2, 0.25) is 0 Å². The van der Waals surface area contributed by atoms with E-state index in [0.29, 0.717) is 22.4 Å². The number of carboxylic acid groups (broad SMARTS) is 1.